The van der Waals surface area contributed by atoms with Gasteiger partial charge in [-0.15, -0.1) is 5.10 Å². The van der Waals surface area contributed by atoms with E-state index in [1.165, 1.54) is 28.8 Å². The second kappa shape index (κ2) is 6.61. The first-order valence-corrected chi connectivity index (χ1v) is 7.53. The number of aromatic amines is 1. The Kier molecular flexibility index (Phi) is 4.51. The van der Waals surface area contributed by atoms with Crippen LogP contribution in [-0.4, -0.2) is 55.4 Å². The molecule has 0 spiro atoms. The van der Waals surface area contributed by atoms with Crippen molar-refractivity contribution in [1.82, 2.24) is 24.5 Å². The van der Waals surface area contributed by atoms with Crippen LogP contribution in [0.25, 0.3) is 0 Å². The van der Waals surface area contributed by atoms with E-state index in [9.17, 15) is 19.5 Å². The summed E-state index contributed by atoms with van der Waals surface area (Å²) in [6.07, 6.45) is 1.74. The van der Waals surface area contributed by atoms with Gasteiger partial charge < -0.3 is 14.6 Å². The van der Waals surface area contributed by atoms with Gasteiger partial charge in [-0.05, 0) is 6.92 Å². The number of hydrogen-bond donors (Lipinski definition) is 2. The Morgan fingerprint density at radius 2 is 2.24 bits per heavy atom. The zero-order valence-corrected chi connectivity index (χ0v) is 13.6. The number of aryl methyl sites for hydroxylation is 1. The van der Waals surface area contributed by atoms with E-state index in [4.69, 9.17) is 4.74 Å². The first-order valence-electron chi connectivity index (χ1n) is 7.53. The smallest absolute Gasteiger partial charge is 0.360 e. The van der Waals surface area contributed by atoms with Crippen LogP contribution in [0.5, 0.6) is 0 Å². The summed E-state index contributed by atoms with van der Waals surface area (Å²) in [6, 6.07) is -0.444. The maximum atomic E-state index is 12.0. The molecule has 0 radical (unpaired) electrons. The van der Waals surface area contributed by atoms with E-state index >= 15 is 0 Å². The third-order valence-electron chi connectivity index (χ3n) is 4.08. The fraction of sp³-hybridized carbons (Fsp3) is 0.500. The van der Waals surface area contributed by atoms with Gasteiger partial charge in [0.05, 0.1) is 26.0 Å². The summed E-state index contributed by atoms with van der Waals surface area (Å²) in [5.74, 6) is -0.630. The molecule has 0 unspecified atom stereocenters. The van der Waals surface area contributed by atoms with Crippen molar-refractivity contribution < 1.29 is 19.4 Å². The van der Waals surface area contributed by atoms with Crippen molar-refractivity contribution in [2.45, 2.75) is 31.7 Å². The zero-order chi connectivity index (χ0) is 18.1. The lowest BCUT2D eigenvalue weighted by Gasteiger charge is -2.15. The van der Waals surface area contributed by atoms with Gasteiger partial charge in [-0.25, -0.2) is 14.3 Å². The summed E-state index contributed by atoms with van der Waals surface area (Å²) in [5.41, 5.74) is -0.680. The number of carbonyl (C=O) groups is 1. The molecule has 2 N–H and O–H groups in total. The van der Waals surface area contributed by atoms with Crippen molar-refractivity contribution in [3.05, 3.63) is 44.5 Å². The number of aliphatic hydroxyl groups is 1. The Morgan fingerprint density at radius 1 is 1.48 bits per heavy atom. The van der Waals surface area contributed by atoms with Gasteiger partial charge in [-0.2, -0.15) is 0 Å². The van der Waals surface area contributed by atoms with Crippen LogP contribution < -0.4 is 11.2 Å². The van der Waals surface area contributed by atoms with Crippen molar-refractivity contribution in [3.8, 4) is 0 Å². The van der Waals surface area contributed by atoms with E-state index in [0.717, 1.165) is 0 Å². The van der Waals surface area contributed by atoms with Crippen LogP contribution in [0.15, 0.2) is 22.0 Å². The molecule has 25 heavy (non-hydrogen) atoms. The molecule has 3 heterocycles. The number of aliphatic hydroxyl groups excluding tert-OH is 1. The Morgan fingerprint density at radius 3 is 2.92 bits per heavy atom. The van der Waals surface area contributed by atoms with Crippen LogP contribution in [0.1, 0.15) is 34.7 Å². The van der Waals surface area contributed by atoms with Crippen molar-refractivity contribution >= 4 is 5.97 Å². The van der Waals surface area contributed by atoms with Crippen LogP contribution in [-0.2, 0) is 9.47 Å². The Bertz CT molecular complexity index is 900. The molecule has 2 aromatic heterocycles. The number of nitrogens with zero attached hydrogens (tertiary/aromatic N) is 4. The highest BCUT2D eigenvalue weighted by Crippen LogP contribution is 2.35. The van der Waals surface area contributed by atoms with Crippen LogP contribution in [0.2, 0.25) is 0 Å². The monoisotopic (exact) mass is 351 g/mol. The van der Waals surface area contributed by atoms with E-state index in [0.29, 0.717) is 12.0 Å². The van der Waals surface area contributed by atoms with Crippen LogP contribution in [0.4, 0.5) is 0 Å². The third-order valence-corrected chi connectivity index (χ3v) is 4.08. The van der Waals surface area contributed by atoms with Gasteiger partial charge in [0.15, 0.2) is 5.69 Å². The average Bonchev–Trinajstić information content (AvgIpc) is 3.23. The number of nitrogens with one attached hydrogen (secondary N) is 1. The third kappa shape index (κ3) is 3.10. The lowest BCUT2D eigenvalue weighted by Crippen LogP contribution is -2.33. The molecule has 3 atom stereocenters. The SMILES string of the molecule is COC(=O)c1cn([C@H]2C[C@H](n3cc(C)c(=O)[nH]c3=O)O[C@@H]2CO)nn1. The largest absolute Gasteiger partial charge is 0.464 e. The molecule has 3 rings (SSSR count). The Labute approximate surface area is 140 Å². The molecule has 1 aliphatic heterocycles. The molecule has 0 bridgehead atoms. The highest BCUT2D eigenvalue weighted by molar-refractivity contribution is 5.86. The van der Waals surface area contributed by atoms with Gasteiger partial charge in [-0.1, -0.05) is 5.21 Å². The highest BCUT2D eigenvalue weighted by Gasteiger charge is 2.38. The fourth-order valence-corrected chi connectivity index (χ4v) is 2.77. The molecule has 0 saturated carbocycles. The summed E-state index contributed by atoms with van der Waals surface area (Å²) in [5, 5.41) is 17.2. The number of ether oxygens (including phenoxy) is 2. The van der Waals surface area contributed by atoms with Crippen molar-refractivity contribution in [3.63, 3.8) is 0 Å². The topological polar surface area (TPSA) is 141 Å². The van der Waals surface area contributed by atoms with Crippen molar-refractivity contribution in [2.24, 2.45) is 0 Å². The van der Waals surface area contributed by atoms with Crippen molar-refractivity contribution in [1.29, 1.82) is 0 Å². The maximum Gasteiger partial charge on any atom is 0.360 e. The normalized spacial score (nSPS) is 22.9. The first-order chi connectivity index (χ1) is 11.9. The molecule has 134 valence electrons. The van der Waals surface area contributed by atoms with E-state index in [2.05, 4.69) is 20.0 Å². The number of methoxy groups -OCH3 is 1. The van der Waals surface area contributed by atoms with E-state index in [-0.39, 0.29) is 12.3 Å². The predicted octanol–water partition coefficient (Wildman–Crippen LogP) is -1.26. The second-order valence-corrected chi connectivity index (χ2v) is 5.67. The molecule has 1 fully saturated rings. The fourth-order valence-electron chi connectivity index (χ4n) is 2.77. The summed E-state index contributed by atoms with van der Waals surface area (Å²) in [4.78, 5) is 37.2. The molecule has 1 saturated heterocycles. The minimum absolute atomic E-state index is 0.0275. The maximum absolute atomic E-state index is 12.0. The number of esters is 1. The molecule has 2 aromatic rings. The van der Waals surface area contributed by atoms with E-state index in [1.54, 1.807) is 6.92 Å². The zero-order valence-electron chi connectivity index (χ0n) is 13.6. The molecule has 0 aliphatic carbocycles. The van der Waals surface area contributed by atoms with Crippen LogP contribution in [0, 0.1) is 6.92 Å². The lowest BCUT2D eigenvalue weighted by atomic mass is 10.1. The quantitative estimate of drug-likeness (QED) is 0.651. The number of carbonyl (C=O) groups excluding carboxylic acids is 1. The number of rotatable bonds is 4. The van der Waals surface area contributed by atoms with E-state index < -0.39 is 35.6 Å². The standard InChI is InChI=1S/C14H17N5O6/c1-7-4-18(14(23)15-12(7)21)11-3-9(10(6-20)25-11)19-5-8(16-17-19)13(22)24-2/h4-5,9-11,20H,3,6H2,1-2H3,(H,15,21,23)/t9-,10+,11+/m0/s1. The second-order valence-electron chi connectivity index (χ2n) is 5.67. The highest BCUT2D eigenvalue weighted by atomic mass is 16.5. The van der Waals surface area contributed by atoms with Crippen molar-refractivity contribution in [2.75, 3.05) is 13.7 Å². The number of aromatic nitrogens is 5. The van der Waals surface area contributed by atoms with Gasteiger partial charge in [0.25, 0.3) is 5.56 Å². The summed E-state index contributed by atoms with van der Waals surface area (Å²) < 4.78 is 13.0. The van der Waals surface area contributed by atoms with Gasteiger partial charge in [-0.3, -0.25) is 14.3 Å². The molecule has 0 aromatic carbocycles. The Hall–Kier alpha value is -2.79. The minimum Gasteiger partial charge on any atom is -0.464 e. The first kappa shape index (κ1) is 17.0. The number of H-pyrrole nitrogens is 1. The van der Waals surface area contributed by atoms with Gasteiger partial charge >= 0.3 is 11.7 Å². The van der Waals surface area contributed by atoms with Crippen LogP contribution in [0.3, 0.4) is 0 Å². The molecule has 1 aliphatic rings. The molecular formula is C14H17N5O6. The predicted molar refractivity (Wildman–Crippen MR) is 82.1 cm³/mol. The Balaban J connectivity index is 1.89. The number of hydrogen-bond acceptors (Lipinski definition) is 8. The summed E-state index contributed by atoms with van der Waals surface area (Å²) in [7, 11) is 1.23. The molecule has 0 amide bonds. The minimum atomic E-state index is -0.698. The van der Waals surface area contributed by atoms with Gasteiger partial charge in [0, 0.05) is 18.2 Å². The van der Waals surface area contributed by atoms with Gasteiger partial charge in [0.1, 0.15) is 12.3 Å². The molecule has 11 nitrogen and oxygen atoms in total. The van der Waals surface area contributed by atoms with Gasteiger partial charge in [0.2, 0.25) is 0 Å². The summed E-state index contributed by atoms with van der Waals surface area (Å²) in [6.45, 7) is 1.26. The lowest BCUT2D eigenvalue weighted by molar-refractivity contribution is -0.0323. The average molecular weight is 351 g/mol. The van der Waals surface area contributed by atoms with Crippen LogP contribution >= 0.6 is 0 Å². The molecular weight excluding hydrogens is 334 g/mol. The summed E-state index contributed by atoms with van der Waals surface area (Å²) >= 11 is 0. The molecule has 11 heteroatoms. The van der Waals surface area contributed by atoms with E-state index in [1.807, 2.05) is 0 Å².